The summed E-state index contributed by atoms with van der Waals surface area (Å²) in [5, 5.41) is 11.6. The molecular weight excluding hydrogens is 450 g/mol. The van der Waals surface area contributed by atoms with E-state index in [2.05, 4.69) is 15.5 Å². The van der Waals surface area contributed by atoms with Crippen LogP contribution in [-0.2, 0) is 9.59 Å². The van der Waals surface area contributed by atoms with Gasteiger partial charge in [-0.25, -0.2) is 0 Å². The van der Waals surface area contributed by atoms with Gasteiger partial charge in [-0.2, -0.15) is 0 Å². The molecule has 34 heavy (non-hydrogen) atoms. The van der Waals surface area contributed by atoms with Crippen LogP contribution in [0.3, 0.4) is 0 Å². The maximum Gasteiger partial charge on any atom is 0.250 e. The van der Waals surface area contributed by atoms with Crippen molar-refractivity contribution in [1.82, 2.24) is 14.8 Å². The molecule has 0 saturated carbocycles. The average molecular weight is 474 g/mol. The summed E-state index contributed by atoms with van der Waals surface area (Å²) < 4.78 is 7.44. The zero-order chi connectivity index (χ0) is 23.9. The first-order chi connectivity index (χ1) is 16.4. The van der Waals surface area contributed by atoms with Gasteiger partial charge < -0.3 is 9.73 Å². The number of nitrogens with zero attached hydrogens (tertiary/aromatic N) is 4. The minimum Gasteiger partial charge on any atom is -0.461 e. The van der Waals surface area contributed by atoms with E-state index in [1.165, 1.54) is 11.8 Å². The summed E-state index contributed by atoms with van der Waals surface area (Å²) in [5.41, 5.74) is 1.09. The summed E-state index contributed by atoms with van der Waals surface area (Å²) in [6, 6.07) is 20.6. The summed E-state index contributed by atoms with van der Waals surface area (Å²) in [4.78, 5) is 28.1. The average Bonchev–Trinajstić information content (AvgIpc) is 3.50. The number of carbonyl (C=O) groups is 2. The predicted octanol–water partition coefficient (Wildman–Crippen LogP) is 4.77. The molecule has 1 unspecified atom stereocenters. The first kappa shape index (κ1) is 22.0. The van der Waals surface area contributed by atoms with Crippen molar-refractivity contribution in [3.8, 4) is 17.3 Å². The Labute approximate surface area is 201 Å². The van der Waals surface area contributed by atoms with Crippen molar-refractivity contribution < 1.29 is 14.0 Å². The fourth-order valence-corrected chi connectivity index (χ4v) is 4.87. The van der Waals surface area contributed by atoms with Crippen molar-refractivity contribution in [2.75, 3.05) is 10.2 Å². The molecule has 2 aromatic carbocycles. The second-order valence-electron chi connectivity index (χ2n) is 8.42. The van der Waals surface area contributed by atoms with E-state index in [-0.39, 0.29) is 11.8 Å². The van der Waals surface area contributed by atoms with Crippen molar-refractivity contribution in [3.63, 3.8) is 0 Å². The summed E-state index contributed by atoms with van der Waals surface area (Å²) in [6.45, 7) is 5.30. The van der Waals surface area contributed by atoms with E-state index >= 15 is 0 Å². The molecule has 0 aliphatic carbocycles. The topological polar surface area (TPSA) is 93.3 Å². The van der Waals surface area contributed by atoms with Crippen LogP contribution in [0.25, 0.3) is 17.3 Å². The number of aromatic nitrogens is 3. The standard InChI is InChI=1S/C25H23N5O3S/c1-16(22(31)30-19-13-8-7-12-18(19)26-23(32)25(30,2)3)34-24-28-27-21(20-14-9-15-33-20)29(24)17-10-5-4-6-11-17/h4-16H,1-3H3,(H,26,32). The Morgan fingerprint density at radius 3 is 2.50 bits per heavy atom. The van der Waals surface area contributed by atoms with Crippen LogP contribution in [0.1, 0.15) is 20.8 Å². The van der Waals surface area contributed by atoms with Crippen LogP contribution in [0.15, 0.2) is 82.6 Å². The Kier molecular flexibility index (Phi) is 5.49. The minimum atomic E-state index is -1.05. The SMILES string of the molecule is CC(Sc1nnc(-c2ccco2)n1-c1ccccc1)C(=O)N1c2ccccc2NC(=O)C1(C)C. The van der Waals surface area contributed by atoms with Crippen LogP contribution >= 0.6 is 11.8 Å². The molecule has 0 fully saturated rings. The quantitative estimate of drug-likeness (QED) is 0.420. The zero-order valence-corrected chi connectivity index (χ0v) is 19.7. The maximum atomic E-state index is 13.8. The van der Waals surface area contributed by atoms with Crippen LogP contribution in [0.2, 0.25) is 0 Å². The number of hydrogen-bond donors (Lipinski definition) is 1. The smallest absolute Gasteiger partial charge is 0.250 e. The van der Waals surface area contributed by atoms with Gasteiger partial charge in [0.05, 0.1) is 22.9 Å². The molecule has 3 heterocycles. The fraction of sp³-hybridized carbons (Fsp3) is 0.200. The second-order valence-corrected chi connectivity index (χ2v) is 9.73. The predicted molar refractivity (Wildman–Crippen MR) is 131 cm³/mol. The number of carbonyl (C=O) groups excluding carboxylic acids is 2. The Morgan fingerprint density at radius 1 is 1.03 bits per heavy atom. The molecule has 1 aliphatic heterocycles. The van der Waals surface area contributed by atoms with Gasteiger partial charge in [0.25, 0.3) is 0 Å². The molecule has 172 valence electrons. The molecule has 5 rings (SSSR count). The molecule has 2 aromatic heterocycles. The normalized spacial score (nSPS) is 15.5. The minimum absolute atomic E-state index is 0.195. The van der Waals surface area contributed by atoms with E-state index in [4.69, 9.17) is 4.42 Å². The third-order valence-electron chi connectivity index (χ3n) is 5.75. The number of fused-ring (bicyclic) bond motifs is 1. The van der Waals surface area contributed by atoms with Gasteiger partial charge >= 0.3 is 0 Å². The van der Waals surface area contributed by atoms with Crippen LogP contribution in [0.5, 0.6) is 0 Å². The molecule has 9 heteroatoms. The summed E-state index contributed by atoms with van der Waals surface area (Å²) >= 11 is 1.29. The number of rotatable bonds is 5. The third kappa shape index (κ3) is 3.67. The van der Waals surface area contributed by atoms with Crippen molar-refractivity contribution >= 4 is 35.0 Å². The van der Waals surface area contributed by atoms with Gasteiger partial charge in [0.2, 0.25) is 17.6 Å². The maximum absolute atomic E-state index is 13.8. The second kappa shape index (κ2) is 8.49. The van der Waals surface area contributed by atoms with Gasteiger partial charge in [0, 0.05) is 5.69 Å². The van der Waals surface area contributed by atoms with E-state index in [1.807, 2.05) is 66.1 Å². The van der Waals surface area contributed by atoms with Gasteiger partial charge in [0.15, 0.2) is 10.9 Å². The highest BCUT2D eigenvalue weighted by molar-refractivity contribution is 8.00. The Hall–Kier alpha value is -3.85. The molecule has 0 bridgehead atoms. The monoisotopic (exact) mass is 473 g/mol. The first-order valence-corrected chi connectivity index (χ1v) is 11.7. The lowest BCUT2D eigenvalue weighted by Gasteiger charge is -2.43. The highest BCUT2D eigenvalue weighted by Gasteiger charge is 2.45. The number of thioether (sulfide) groups is 1. The molecule has 2 amide bonds. The van der Waals surface area contributed by atoms with Crippen LogP contribution in [0, 0.1) is 0 Å². The third-order valence-corrected chi connectivity index (χ3v) is 6.78. The summed E-state index contributed by atoms with van der Waals surface area (Å²) in [7, 11) is 0. The molecule has 1 N–H and O–H groups in total. The number of hydrogen-bond acceptors (Lipinski definition) is 6. The lowest BCUT2D eigenvalue weighted by atomic mass is 9.96. The number of para-hydroxylation sites is 3. The molecule has 0 saturated heterocycles. The number of benzene rings is 2. The van der Waals surface area contributed by atoms with Crippen molar-refractivity contribution in [2.24, 2.45) is 0 Å². The number of anilines is 2. The lowest BCUT2D eigenvalue weighted by molar-refractivity contribution is -0.126. The highest BCUT2D eigenvalue weighted by Crippen LogP contribution is 2.39. The molecule has 1 atom stereocenters. The molecule has 4 aromatic rings. The van der Waals surface area contributed by atoms with E-state index in [0.29, 0.717) is 28.1 Å². The van der Waals surface area contributed by atoms with E-state index < -0.39 is 10.8 Å². The number of amides is 2. The molecule has 1 aliphatic rings. The highest BCUT2D eigenvalue weighted by atomic mass is 32.2. The lowest BCUT2D eigenvalue weighted by Crippen LogP contribution is -2.60. The van der Waals surface area contributed by atoms with Gasteiger partial charge in [-0.15, -0.1) is 10.2 Å². The zero-order valence-electron chi connectivity index (χ0n) is 18.9. The van der Waals surface area contributed by atoms with Gasteiger partial charge in [-0.3, -0.25) is 19.1 Å². The fourth-order valence-electron chi connectivity index (χ4n) is 3.96. The molecule has 0 radical (unpaired) electrons. The van der Waals surface area contributed by atoms with Crippen molar-refractivity contribution in [2.45, 2.75) is 36.7 Å². The Balaban J connectivity index is 1.51. The Morgan fingerprint density at radius 2 is 1.76 bits per heavy atom. The van der Waals surface area contributed by atoms with E-state index in [1.54, 1.807) is 37.1 Å². The molecule has 8 nitrogen and oxygen atoms in total. The van der Waals surface area contributed by atoms with Gasteiger partial charge in [0.1, 0.15) is 5.54 Å². The van der Waals surface area contributed by atoms with Gasteiger partial charge in [-0.1, -0.05) is 42.1 Å². The molecule has 0 spiro atoms. The van der Waals surface area contributed by atoms with Crippen molar-refractivity contribution in [3.05, 3.63) is 73.0 Å². The Bertz CT molecular complexity index is 1350. The first-order valence-electron chi connectivity index (χ1n) is 10.8. The summed E-state index contributed by atoms with van der Waals surface area (Å²) in [5.74, 6) is 0.690. The largest absolute Gasteiger partial charge is 0.461 e. The van der Waals surface area contributed by atoms with Crippen LogP contribution < -0.4 is 10.2 Å². The van der Waals surface area contributed by atoms with E-state index in [9.17, 15) is 9.59 Å². The van der Waals surface area contributed by atoms with Gasteiger partial charge in [-0.05, 0) is 57.2 Å². The van der Waals surface area contributed by atoms with Crippen LogP contribution in [0.4, 0.5) is 11.4 Å². The molecular formula is C25H23N5O3S. The van der Waals surface area contributed by atoms with Crippen LogP contribution in [-0.4, -0.2) is 37.4 Å². The van der Waals surface area contributed by atoms with Crippen molar-refractivity contribution in [1.29, 1.82) is 0 Å². The number of furan rings is 1. The summed E-state index contributed by atoms with van der Waals surface area (Å²) in [6.07, 6.45) is 1.58. The number of nitrogens with one attached hydrogen (secondary N) is 1. The van der Waals surface area contributed by atoms with E-state index in [0.717, 1.165) is 5.69 Å².